The van der Waals surface area contributed by atoms with Gasteiger partial charge in [0.25, 0.3) is 0 Å². The average Bonchev–Trinajstić information content (AvgIpc) is 2.67. The van der Waals surface area contributed by atoms with E-state index < -0.39 is 0 Å². The van der Waals surface area contributed by atoms with E-state index in [4.69, 9.17) is 14.7 Å². The number of nitrogens with zero attached hydrogens (tertiary/aromatic N) is 2. The monoisotopic (exact) mass is 353 g/mol. The Balaban J connectivity index is 2.11. The fourth-order valence-electron chi connectivity index (χ4n) is 2.38. The maximum atomic E-state index is 12.9. The molecule has 0 spiro atoms. The van der Waals surface area contributed by atoms with Crippen LogP contribution in [0.25, 0.3) is 0 Å². The number of ether oxygens (including phenoxy) is 2. The number of aliphatic imine (C=N–C) groups is 1. The summed E-state index contributed by atoms with van der Waals surface area (Å²) >= 11 is 1.28. The molecule has 3 rings (SSSR count). The first-order chi connectivity index (χ1) is 12.2. The Bertz CT molecular complexity index is 860. The molecule has 1 heterocycles. The minimum absolute atomic E-state index is 0.172. The standard InChI is InChI=1S/C18H15N3O3S/c1-25-18(20-11-19)21-14-10-16-15(23-7-8-24-16)9-13(14)17(22)12-5-3-2-4-6-12/h2-6,9-10H,7-8H2,1H3,(H,20,21). The normalized spacial score (nSPS) is 13.0. The Morgan fingerprint density at radius 1 is 1.20 bits per heavy atom. The summed E-state index contributed by atoms with van der Waals surface area (Å²) in [5, 5.41) is 11.7. The summed E-state index contributed by atoms with van der Waals surface area (Å²) in [5.41, 5.74) is 1.36. The van der Waals surface area contributed by atoms with Gasteiger partial charge in [-0.3, -0.25) is 10.1 Å². The van der Waals surface area contributed by atoms with Crippen molar-refractivity contribution in [3.8, 4) is 17.7 Å². The van der Waals surface area contributed by atoms with Crippen molar-refractivity contribution >= 4 is 28.4 Å². The van der Waals surface area contributed by atoms with E-state index in [-0.39, 0.29) is 5.78 Å². The molecule has 0 saturated heterocycles. The van der Waals surface area contributed by atoms with Gasteiger partial charge in [0, 0.05) is 11.6 Å². The van der Waals surface area contributed by atoms with Crippen LogP contribution in [0.3, 0.4) is 0 Å². The maximum Gasteiger partial charge on any atom is 0.195 e. The lowest BCUT2D eigenvalue weighted by Crippen LogP contribution is -2.16. The Morgan fingerprint density at radius 2 is 1.88 bits per heavy atom. The van der Waals surface area contributed by atoms with Crippen LogP contribution in [0.2, 0.25) is 0 Å². The van der Waals surface area contributed by atoms with Gasteiger partial charge >= 0.3 is 0 Å². The van der Waals surface area contributed by atoms with Crippen LogP contribution < -0.4 is 14.8 Å². The van der Waals surface area contributed by atoms with Crippen molar-refractivity contribution in [2.75, 3.05) is 19.5 Å². The van der Waals surface area contributed by atoms with Gasteiger partial charge in [0.15, 0.2) is 28.6 Å². The summed E-state index contributed by atoms with van der Waals surface area (Å²) in [6.07, 6.45) is 3.63. The number of ketones is 1. The summed E-state index contributed by atoms with van der Waals surface area (Å²) in [6, 6.07) is 12.3. The van der Waals surface area contributed by atoms with Crippen molar-refractivity contribution in [2.24, 2.45) is 4.99 Å². The smallest absolute Gasteiger partial charge is 0.195 e. The van der Waals surface area contributed by atoms with E-state index in [1.54, 1.807) is 42.7 Å². The van der Waals surface area contributed by atoms with E-state index >= 15 is 0 Å². The molecule has 1 N–H and O–H groups in total. The average molecular weight is 353 g/mol. The highest BCUT2D eigenvalue weighted by atomic mass is 32.2. The third-order valence-corrected chi connectivity index (χ3v) is 4.10. The molecular formula is C18H15N3O3S. The fourth-order valence-corrected chi connectivity index (χ4v) is 2.72. The number of nitriles is 1. The van der Waals surface area contributed by atoms with E-state index in [0.717, 1.165) is 0 Å². The minimum atomic E-state index is -0.172. The van der Waals surface area contributed by atoms with E-state index in [2.05, 4.69) is 10.3 Å². The van der Waals surface area contributed by atoms with Gasteiger partial charge in [-0.15, -0.1) is 0 Å². The highest BCUT2D eigenvalue weighted by Crippen LogP contribution is 2.38. The number of amidine groups is 1. The van der Waals surface area contributed by atoms with Crippen molar-refractivity contribution in [3.05, 3.63) is 53.6 Å². The van der Waals surface area contributed by atoms with Gasteiger partial charge in [0.05, 0.1) is 11.3 Å². The van der Waals surface area contributed by atoms with Gasteiger partial charge in [0.1, 0.15) is 13.2 Å². The zero-order valence-electron chi connectivity index (χ0n) is 13.5. The summed E-state index contributed by atoms with van der Waals surface area (Å²) in [5.74, 6) is 0.879. The summed E-state index contributed by atoms with van der Waals surface area (Å²) < 4.78 is 11.2. The summed E-state index contributed by atoms with van der Waals surface area (Å²) in [6.45, 7) is 0.870. The van der Waals surface area contributed by atoms with Crippen molar-refractivity contribution in [1.82, 2.24) is 5.32 Å². The molecule has 0 bridgehead atoms. The number of hydrogen-bond acceptors (Lipinski definition) is 6. The van der Waals surface area contributed by atoms with Crippen LogP contribution >= 0.6 is 11.8 Å². The van der Waals surface area contributed by atoms with E-state index in [9.17, 15) is 4.79 Å². The molecule has 2 aromatic rings. The highest BCUT2D eigenvalue weighted by molar-refractivity contribution is 8.13. The van der Waals surface area contributed by atoms with Crippen LogP contribution in [0.1, 0.15) is 15.9 Å². The number of thioether (sulfide) groups is 1. The number of hydrogen-bond donors (Lipinski definition) is 1. The molecule has 1 aliphatic rings. The summed E-state index contributed by atoms with van der Waals surface area (Å²) in [4.78, 5) is 17.3. The van der Waals surface area contributed by atoms with Gasteiger partial charge in [0.2, 0.25) is 0 Å². The van der Waals surface area contributed by atoms with Crippen LogP contribution in [0.15, 0.2) is 47.5 Å². The second-order valence-electron chi connectivity index (χ2n) is 5.07. The molecule has 0 aliphatic carbocycles. The van der Waals surface area contributed by atoms with E-state index in [1.807, 2.05) is 12.3 Å². The maximum absolute atomic E-state index is 12.9. The van der Waals surface area contributed by atoms with Crippen LogP contribution in [-0.4, -0.2) is 30.4 Å². The van der Waals surface area contributed by atoms with Gasteiger partial charge in [-0.2, -0.15) is 5.26 Å². The van der Waals surface area contributed by atoms with Gasteiger partial charge in [-0.05, 0) is 12.3 Å². The van der Waals surface area contributed by atoms with Crippen LogP contribution in [0.4, 0.5) is 5.69 Å². The van der Waals surface area contributed by atoms with E-state index in [0.29, 0.717) is 46.7 Å². The Morgan fingerprint density at radius 3 is 2.52 bits per heavy atom. The molecule has 126 valence electrons. The predicted octanol–water partition coefficient (Wildman–Crippen LogP) is 3.11. The Labute approximate surface area is 149 Å². The molecule has 25 heavy (non-hydrogen) atoms. The molecule has 0 atom stereocenters. The van der Waals surface area contributed by atoms with Crippen molar-refractivity contribution in [1.29, 1.82) is 5.26 Å². The summed E-state index contributed by atoms with van der Waals surface area (Å²) in [7, 11) is 0. The molecular weight excluding hydrogens is 338 g/mol. The number of nitrogens with one attached hydrogen (secondary N) is 1. The topological polar surface area (TPSA) is 83.7 Å². The van der Waals surface area contributed by atoms with Gasteiger partial charge < -0.3 is 9.47 Å². The molecule has 1 aliphatic heterocycles. The zero-order chi connectivity index (χ0) is 17.6. The predicted molar refractivity (Wildman–Crippen MR) is 96.7 cm³/mol. The number of rotatable bonds is 3. The number of benzene rings is 2. The molecule has 7 heteroatoms. The van der Waals surface area contributed by atoms with Crippen LogP contribution in [0, 0.1) is 11.5 Å². The van der Waals surface area contributed by atoms with E-state index in [1.165, 1.54) is 11.8 Å². The lowest BCUT2D eigenvalue weighted by atomic mass is 10.0. The zero-order valence-corrected chi connectivity index (χ0v) is 14.3. The third kappa shape index (κ3) is 3.75. The third-order valence-electron chi connectivity index (χ3n) is 3.52. The first-order valence-corrected chi connectivity index (χ1v) is 8.76. The Kier molecular flexibility index (Phi) is 5.21. The second-order valence-corrected chi connectivity index (χ2v) is 5.86. The molecule has 0 saturated carbocycles. The van der Waals surface area contributed by atoms with Crippen LogP contribution in [-0.2, 0) is 0 Å². The molecule has 6 nitrogen and oxygen atoms in total. The largest absolute Gasteiger partial charge is 0.486 e. The fraction of sp³-hybridized carbons (Fsp3) is 0.167. The number of carbonyl (C=O) groups excluding carboxylic acids is 1. The molecule has 0 radical (unpaired) electrons. The first kappa shape index (κ1) is 16.9. The van der Waals surface area contributed by atoms with Crippen LogP contribution in [0.5, 0.6) is 11.5 Å². The lowest BCUT2D eigenvalue weighted by Gasteiger charge is -2.20. The molecule has 0 unspecified atom stereocenters. The second kappa shape index (κ2) is 7.73. The minimum Gasteiger partial charge on any atom is -0.486 e. The lowest BCUT2D eigenvalue weighted by molar-refractivity contribution is 0.103. The number of carbonyl (C=O) groups is 1. The first-order valence-electron chi connectivity index (χ1n) is 7.54. The Hall–Kier alpha value is -2.98. The molecule has 0 amide bonds. The molecule has 2 aromatic carbocycles. The SMILES string of the molecule is CSC(=Nc1cc2c(cc1C(=O)c1ccccc1)OCCO2)NC#N. The number of fused-ring (bicyclic) bond motifs is 1. The molecule has 0 fully saturated rings. The van der Waals surface area contributed by atoms with Crippen molar-refractivity contribution in [3.63, 3.8) is 0 Å². The van der Waals surface area contributed by atoms with Crippen molar-refractivity contribution in [2.45, 2.75) is 0 Å². The highest BCUT2D eigenvalue weighted by Gasteiger charge is 2.21. The quantitative estimate of drug-likeness (QED) is 0.300. The van der Waals surface area contributed by atoms with Crippen molar-refractivity contribution < 1.29 is 14.3 Å². The molecule has 0 aromatic heterocycles. The van der Waals surface area contributed by atoms with Gasteiger partial charge in [-0.25, -0.2) is 4.99 Å². The van der Waals surface area contributed by atoms with Gasteiger partial charge in [-0.1, -0.05) is 42.1 Å².